The lowest BCUT2D eigenvalue weighted by atomic mass is 9.64. The fourth-order valence-corrected chi connectivity index (χ4v) is 6.98. The van der Waals surface area contributed by atoms with Crippen LogP contribution in [-0.4, -0.2) is 52.7 Å². The van der Waals surface area contributed by atoms with E-state index in [1.165, 1.54) is 18.4 Å². The van der Waals surface area contributed by atoms with Crippen LogP contribution in [0.4, 0.5) is 0 Å². The van der Waals surface area contributed by atoms with E-state index in [4.69, 9.17) is 19.4 Å². The normalized spacial score (nSPS) is 25.1. The topological polar surface area (TPSA) is 64.6 Å². The van der Waals surface area contributed by atoms with Crippen LogP contribution >= 0.6 is 0 Å². The average Bonchev–Trinajstić information content (AvgIpc) is 2.91. The van der Waals surface area contributed by atoms with Crippen molar-refractivity contribution >= 4 is 38.7 Å². The molecular formula is C31H33N3O3. The van der Waals surface area contributed by atoms with Crippen LogP contribution in [0.15, 0.2) is 42.5 Å². The number of hydrogen-bond acceptors (Lipinski definition) is 5. The Morgan fingerprint density at radius 2 is 1.73 bits per heavy atom. The lowest BCUT2D eigenvalue weighted by Gasteiger charge is -2.49. The van der Waals surface area contributed by atoms with Gasteiger partial charge in [-0.25, -0.2) is 9.97 Å². The largest absolute Gasteiger partial charge is 0.487 e. The number of morpholine rings is 1. The van der Waals surface area contributed by atoms with Crippen molar-refractivity contribution in [2.45, 2.75) is 51.6 Å². The molecule has 3 aromatic carbocycles. The van der Waals surface area contributed by atoms with Gasteiger partial charge in [0.25, 0.3) is 5.91 Å². The van der Waals surface area contributed by atoms with Gasteiger partial charge in [-0.2, -0.15) is 0 Å². The molecule has 1 saturated carbocycles. The third-order valence-corrected chi connectivity index (χ3v) is 8.88. The zero-order valence-electron chi connectivity index (χ0n) is 21.8. The fraction of sp³-hybridized carbons (Fsp3) is 0.452. The Labute approximate surface area is 217 Å². The number of ether oxygens (including phenoxy) is 2. The van der Waals surface area contributed by atoms with Crippen LogP contribution in [-0.2, 0) is 4.74 Å². The molecule has 3 atom stereocenters. The third-order valence-electron chi connectivity index (χ3n) is 8.88. The number of carbonyl (C=O) groups is 1. The van der Waals surface area contributed by atoms with Gasteiger partial charge < -0.3 is 14.4 Å². The Hall–Kier alpha value is -3.25. The first-order chi connectivity index (χ1) is 17.9. The molecule has 1 saturated heterocycles. The van der Waals surface area contributed by atoms with Gasteiger partial charge in [0.1, 0.15) is 11.4 Å². The molecule has 3 aliphatic rings. The maximum atomic E-state index is 13.2. The summed E-state index contributed by atoms with van der Waals surface area (Å²) >= 11 is 0. The van der Waals surface area contributed by atoms with Crippen LogP contribution in [0.25, 0.3) is 32.8 Å². The Balaban J connectivity index is 1.46. The third kappa shape index (κ3) is 3.60. The van der Waals surface area contributed by atoms with E-state index < -0.39 is 0 Å². The highest BCUT2D eigenvalue weighted by Gasteiger charge is 2.47. The van der Waals surface area contributed by atoms with E-state index in [1.54, 1.807) is 0 Å². The summed E-state index contributed by atoms with van der Waals surface area (Å²) in [4.78, 5) is 25.4. The molecule has 7 rings (SSSR count). The zero-order chi connectivity index (χ0) is 25.3. The first kappa shape index (κ1) is 22.9. The fourth-order valence-electron chi connectivity index (χ4n) is 6.98. The lowest BCUT2D eigenvalue weighted by molar-refractivity contribution is -0.0115. The van der Waals surface area contributed by atoms with Crippen LogP contribution in [0.2, 0.25) is 0 Å². The second-order valence-corrected chi connectivity index (χ2v) is 11.7. The first-order valence-electron chi connectivity index (χ1n) is 13.6. The van der Waals surface area contributed by atoms with Crippen LogP contribution < -0.4 is 4.74 Å². The predicted molar refractivity (Wildman–Crippen MR) is 145 cm³/mol. The van der Waals surface area contributed by atoms with Gasteiger partial charge in [0.15, 0.2) is 0 Å². The highest BCUT2D eigenvalue weighted by molar-refractivity contribution is 6.11. The van der Waals surface area contributed by atoms with Crippen LogP contribution in [0.3, 0.4) is 0 Å². The molecule has 1 amide bonds. The highest BCUT2D eigenvalue weighted by Crippen LogP contribution is 2.56. The smallest absolute Gasteiger partial charge is 0.254 e. The van der Waals surface area contributed by atoms with Crippen LogP contribution in [0.1, 0.15) is 61.9 Å². The lowest BCUT2D eigenvalue weighted by Crippen LogP contribution is -2.46. The van der Waals surface area contributed by atoms with E-state index >= 15 is 0 Å². The van der Waals surface area contributed by atoms with E-state index in [0.717, 1.165) is 45.0 Å². The summed E-state index contributed by atoms with van der Waals surface area (Å²) < 4.78 is 12.3. The molecule has 1 aliphatic carbocycles. The summed E-state index contributed by atoms with van der Waals surface area (Å²) in [5, 5.41) is 2.15. The van der Waals surface area contributed by atoms with Crippen LogP contribution in [0.5, 0.6) is 5.75 Å². The number of carbonyl (C=O) groups excluding carboxylic acids is 1. The maximum absolute atomic E-state index is 13.2. The van der Waals surface area contributed by atoms with Gasteiger partial charge in [0.05, 0.1) is 35.3 Å². The van der Waals surface area contributed by atoms with Crippen molar-refractivity contribution in [1.29, 1.82) is 0 Å². The van der Waals surface area contributed by atoms with Gasteiger partial charge in [-0.05, 0) is 56.7 Å². The minimum absolute atomic E-state index is 0.0251. The van der Waals surface area contributed by atoms with Gasteiger partial charge in [-0.15, -0.1) is 0 Å². The first-order valence-corrected chi connectivity index (χ1v) is 13.6. The van der Waals surface area contributed by atoms with E-state index in [1.807, 2.05) is 23.1 Å². The Morgan fingerprint density at radius 1 is 0.973 bits per heavy atom. The van der Waals surface area contributed by atoms with Gasteiger partial charge in [0, 0.05) is 40.9 Å². The Morgan fingerprint density at radius 3 is 2.54 bits per heavy atom. The molecule has 2 aliphatic heterocycles. The minimum Gasteiger partial charge on any atom is -0.487 e. The SMILES string of the molecule is C[C@H]1CC[C@H]2[C@H](C1)c1c(c3ccccc3c3nc4cc(C(=O)N5CCOCC5)ccc4nc13)OC2(C)C. The molecule has 0 bridgehead atoms. The predicted octanol–water partition coefficient (Wildman–Crippen LogP) is 6.10. The van der Waals surface area contributed by atoms with Crippen molar-refractivity contribution in [1.82, 2.24) is 14.9 Å². The summed E-state index contributed by atoms with van der Waals surface area (Å²) in [5.74, 6) is 2.52. The van der Waals surface area contributed by atoms with Gasteiger partial charge in [-0.3, -0.25) is 4.79 Å². The number of nitrogens with zero attached hydrogens (tertiary/aromatic N) is 3. The summed E-state index contributed by atoms with van der Waals surface area (Å²) in [6.45, 7) is 9.28. The van der Waals surface area contributed by atoms with E-state index in [-0.39, 0.29) is 11.5 Å². The minimum atomic E-state index is -0.229. The van der Waals surface area contributed by atoms with Crippen molar-refractivity contribution in [2.24, 2.45) is 11.8 Å². The van der Waals surface area contributed by atoms with Crippen molar-refractivity contribution in [2.75, 3.05) is 26.3 Å². The van der Waals surface area contributed by atoms with Crippen molar-refractivity contribution < 1.29 is 14.3 Å². The second-order valence-electron chi connectivity index (χ2n) is 11.7. The number of amides is 1. The van der Waals surface area contributed by atoms with E-state index in [0.29, 0.717) is 49.6 Å². The molecule has 6 heteroatoms. The molecule has 0 spiro atoms. The summed E-state index contributed by atoms with van der Waals surface area (Å²) in [6.07, 6.45) is 3.55. The van der Waals surface area contributed by atoms with Gasteiger partial charge >= 0.3 is 0 Å². The van der Waals surface area contributed by atoms with Crippen molar-refractivity contribution in [3.63, 3.8) is 0 Å². The standard InChI is InChI=1S/C31H33N3O3/c1-18-8-10-23-22(16-18)26-28-27(20-6-4-5-7-21(20)29(26)37-31(23,2)3)33-25-17-19(9-11-24(25)32-28)30(35)34-12-14-36-15-13-34/h4-7,9,11,17-18,22-23H,8,10,12-16H2,1-3H3/t18-,22-,23-/m0/s1. The number of benzene rings is 3. The number of rotatable bonds is 1. The molecule has 190 valence electrons. The number of aromatic nitrogens is 2. The average molecular weight is 496 g/mol. The van der Waals surface area contributed by atoms with Crippen LogP contribution in [0, 0.1) is 11.8 Å². The summed E-state index contributed by atoms with van der Waals surface area (Å²) in [5.41, 5.74) is 5.07. The summed E-state index contributed by atoms with van der Waals surface area (Å²) in [7, 11) is 0. The molecule has 0 N–H and O–H groups in total. The number of hydrogen-bond donors (Lipinski definition) is 0. The van der Waals surface area contributed by atoms with E-state index in [2.05, 4.69) is 45.0 Å². The molecule has 2 fully saturated rings. The van der Waals surface area contributed by atoms with Crippen molar-refractivity contribution in [3.8, 4) is 5.75 Å². The molecule has 37 heavy (non-hydrogen) atoms. The molecule has 0 unspecified atom stereocenters. The maximum Gasteiger partial charge on any atom is 0.254 e. The molecule has 1 aromatic heterocycles. The van der Waals surface area contributed by atoms with E-state index in [9.17, 15) is 4.79 Å². The number of fused-ring (bicyclic) bond motifs is 9. The Bertz CT molecular complexity index is 1560. The zero-order valence-corrected chi connectivity index (χ0v) is 21.8. The van der Waals surface area contributed by atoms with Crippen molar-refractivity contribution in [3.05, 3.63) is 53.6 Å². The van der Waals surface area contributed by atoms with Gasteiger partial charge in [-0.1, -0.05) is 37.6 Å². The second kappa shape index (κ2) is 8.38. The monoisotopic (exact) mass is 495 g/mol. The molecule has 4 aromatic rings. The molecule has 0 radical (unpaired) electrons. The highest BCUT2D eigenvalue weighted by atomic mass is 16.5. The molecular weight excluding hydrogens is 462 g/mol. The summed E-state index contributed by atoms with van der Waals surface area (Å²) in [6, 6.07) is 14.1. The molecule has 6 nitrogen and oxygen atoms in total. The quantitative estimate of drug-likeness (QED) is 0.236. The molecule has 3 heterocycles. The Kier molecular flexibility index (Phi) is 5.19. The van der Waals surface area contributed by atoms with Gasteiger partial charge in [0.2, 0.25) is 0 Å².